The Balaban J connectivity index is 1.06. The minimum Gasteiger partial charge on any atom is -0.456 e. The molecule has 5 heteroatoms. The molecule has 0 unspecified atom stereocenters. The van der Waals surface area contributed by atoms with E-state index in [1.165, 1.54) is 83.5 Å². The van der Waals surface area contributed by atoms with Gasteiger partial charge in [-0.1, -0.05) is 168 Å². The van der Waals surface area contributed by atoms with Crippen LogP contribution < -0.4 is 31.1 Å². The fourth-order valence-electron chi connectivity index (χ4n) is 12.0. The van der Waals surface area contributed by atoms with Crippen LogP contribution in [0.25, 0.3) is 28.2 Å². The summed E-state index contributed by atoms with van der Waals surface area (Å²) in [6.45, 7) is 29.9. The molecule has 0 saturated carbocycles. The van der Waals surface area contributed by atoms with Gasteiger partial charge in [-0.3, -0.25) is 0 Å². The van der Waals surface area contributed by atoms with Crippen LogP contribution in [0, 0.1) is 6.92 Å². The molecule has 0 atom stereocenters. The Labute approximate surface area is 452 Å². The Bertz CT molecular complexity index is 3680. The Morgan fingerprint density at radius 1 is 0.447 bits per heavy atom. The van der Waals surface area contributed by atoms with E-state index in [2.05, 4.69) is 281 Å². The first kappa shape index (κ1) is 49.4. The minimum absolute atomic E-state index is 0.0117. The molecule has 1 aliphatic carbocycles. The number of aryl methyl sites for hydroxylation is 2. The van der Waals surface area contributed by atoms with Crippen LogP contribution in [0.3, 0.4) is 0 Å². The van der Waals surface area contributed by atoms with Crippen LogP contribution in [-0.2, 0) is 28.1 Å². The summed E-state index contributed by atoms with van der Waals surface area (Å²) in [6, 6.07) is 63.2. The number of hydrogen-bond donors (Lipinski definition) is 0. The molecule has 0 fully saturated rings. The molecule has 76 heavy (non-hydrogen) atoms. The van der Waals surface area contributed by atoms with E-state index in [1.807, 2.05) is 0 Å². The van der Waals surface area contributed by atoms with Gasteiger partial charge in [0.2, 0.25) is 0 Å². The molecule has 3 heterocycles. The van der Waals surface area contributed by atoms with Crippen LogP contribution in [0.15, 0.2) is 174 Å². The summed E-state index contributed by atoms with van der Waals surface area (Å²) in [5.74, 6) is 1.00. The molecule has 0 bridgehead atoms. The lowest BCUT2D eigenvalue weighted by molar-refractivity contribution is 0.590. The van der Waals surface area contributed by atoms with Crippen molar-refractivity contribution in [1.82, 2.24) is 0 Å². The van der Waals surface area contributed by atoms with Gasteiger partial charge in [0.25, 0.3) is 6.71 Å². The Morgan fingerprint density at radius 3 is 1.51 bits per heavy atom. The van der Waals surface area contributed by atoms with Gasteiger partial charge in [-0.05, 0) is 188 Å². The number of allylic oxidation sites excluding steroid dienone is 1. The van der Waals surface area contributed by atoms with Crippen LogP contribution in [0.4, 0.5) is 51.2 Å². The van der Waals surface area contributed by atoms with Crippen molar-refractivity contribution < 1.29 is 4.42 Å². The third kappa shape index (κ3) is 8.57. The van der Waals surface area contributed by atoms with Gasteiger partial charge in [0.1, 0.15) is 11.3 Å². The summed E-state index contributed by atoms with van der Waals surface area (Å²) >= 11 is 0. The number of benzene rings is 8. The van der Waals surface area contributed by atoms with Crippen molar-refractivity contribution in [3.8, 4) is 11.1 Å². The van der Waals surface area contributed by atoms with E-state index in [4.69, 9.17) is 4.42 Å². The zero-order chi connectivity index (χ0) is 53.2. The van der Waals surface area contributed by atoms with E-state index in [0.29, 0.717) is 0 Å². The van der Waals surface area contributed by atoms with Gasteiger partial charge in [-0.2, -0.15) is 0 Å². The fourth-order valence-corrected chi connectivity index (χ4v) is 12.0. The van der Waals surface area contributed by atoms with Crippen molar-refractivity contribution in [1.29, 1.82) is 0 Å². The first-order valence-corrected chi connectivity index (χ1v) is 27.6. The maximum Gasteiger partial charge on any atom is 0.252 e. The molecule has 8 aromatic carbocycles. The molecule has 1 aromatic heterocycles. The van der Waals surface area contributed by atoms with Gasteiger partial charge in [0.15, 0.2) is 0 Å². The molecule has 4 nitrogen and oxygen atoms in total. The summed E-state index contributed by atoms with van der Waals surface area (Å²) in [7, 11) is 0. The van der Waals surface area contributed by atoms with Crippen LogP contribution in [0.1, 0.15) is 129 Å². The number of furan rings is 1. The predicted molar refractivity (Wildman–Crippen MR) is 327 cm³/mol. The van der Waals surface area contributed by atoms with E-state index >= 15 is 0 Å². The monoisotopic (exact) mass is 994 g/mol. The molecule has 0 saturated heterocycles. The molecule has 0 spiro atoms. The molecular weight excluding hydrogens is 922 g/mol. The predicted octanol–water partition coefficient (Wildman–Crippen LogP) is 18.1. The average molecular weight is 994 g/mol. The number of hydrogen-bond acceptors (Lipinski definition) is 4. The van der Waals surface area contributed by atoms with Crippen LogP contribution in [0.5, 0.6) is 0 Å². The minimum atomic E-state index is -0.0592. The topological polar surface area (TPSA) is 22.9 Å². The van der Waals surface area contributed by atoms with Gasteiger partial charge in [0.05, 0.1) is 0 Å². The van der Waals surface area contributed by atoms with Crippen molar-refractivity contribution in [3.63, 3.8) is 0 Å². The van der Waals surface area contributed by atoms with Crippen molar-refractivity contribution in [2.75, 3.05) is 14.7 Å². The van der Waals surface area contributed by atoms with Crippen molar-refractivity contribution in [2.24, 2.45) is 0 Å². The highest BCUT2D eigenvalue weighted by Gasteiger charge is 2.44. The normalized spacial score (nSPS) is 14.1. The highest BCUT2D eigenvalue weighted by molar-refractivity contribution is 7.00. The molecule has 0 radical (unpaired) electrons. The molecule has 2 aliphatic heterocycles. The third-order valence-corrected chi connectivity index (χ3v) is 16.4. The maximum absolute atomic E-state index is 6.40. The highest BCUT2D eigenvalue weighted by Crippen LogP contribution is 2.48. The van der Waals surface area contributed by atoms with E-state index in [0.717, 1.165) is 58.2 Å². The smallest absolute Gasteiger partial charge is 0.252 e. The Morgan fingerprint density at radius 2 is 0.947 bits per heavy atom. The number of anilines is 9. The lowest BCUT2D eigenvalue weighted by Gasteiger charge is -2.45. The third-order valence-electron chi connectivity index (χ3n) is 16.4. The molecule has 0 amide bonds. The quantitative estimate of drug-likeness (QED) is 0.155. The molecule has 380 valence electrons. The second kappa shape index (κ2) is 17.8. The first-order chi connectivity index (χ1) is 36.1. The summed E-state index contributed by atoms with van der Waals surface area (Å²) < 4.78 is 6.40. The van der Waals surface area contributed by atoms with E-state index < -0.39 is 0 Å². The zero-order valence-electron chi connectivity index (χ0n) is 47.0. The Hall–Kier alpha value is -7.50. The van der Waals surface area contributed by atoms with Gasteiger partial charge in [-0.25, -0.2) is 0 Å². The second-order valence-electron chi connectivity index (χ2n) is 26.0. The summed E-state index contributed by atoms with van der Waals surface area (Å²) in [6.07, 6.45) is 6.43. The summed E-state index contributed by atoms with van der Waals surface area (Å²) in [4.78, 5) is 7.55. The molecule has 9 aromatic rings. The SMILES string of the molecule is Cc1cc2c3c(c1)N(c1ccc(C(C)(C)C)cc1)c1cc(N(c4ccc(C(C)(C)C)cc4)c4ccc(C(C)(C)C)cc4)ccc1B3c1cc(C(C)(C)C)ccc1N2c1ccc(-c2ccc3c4c(oc3c2)C=CCC4)cc1. The molecular formula is C71H72BN3O. The lowest BCUT2D eigenvalue weighted by atomic mass is 9.33. The van der Waals surface area contributed by atoms with Crippen LogP contribution in [-0.4, -0.2) is 6.71 Å². The van der Waals surface area contributed by atoms with Gasteiger partial charge in [0, 0.05) is 62.1 Å². The number of fused-ring (bicyclic) bond motifs is 7. The van der Waals surface area contributed by atoms with Crippen molar-refractivity contribution >= 4 is 91.3 Å². The Kier molecular flexibility index (Phi) is 11.6. The van der Waals surface area contributed by atoms with Crippen LogP contribution >= 0.6 is 0 Å². The fraction of sp³-hybridized carbons (Fsp3) is 0.268. The standard InChI is InChI=1S/C71H72BN3O/c1-45-40-63-67-64(41-45)75(55-34-25-50(26-35-55)70(8,9)10)62-44-56(73(52-30-21-48(22-31-52)68(2,3)4)53-32-23-49(24-33-53)69(5,6)7)36-38-59(62)72(67)60-43-51(71(11,12)13)27-39-61(60)74(63)54-28-18-46(19-29-54)47-20-37-58-57-16-14-15-17-65(57)76-66(58)42-47/h15,17-44H,14,16H2,1-13H3. The summed E-state index contributed by atoms with van der Waals surface area (Å²) in [5, 5.41) is 1.23. The van der Waals surface area contributed by atoms with Crippen LogP contribution in [0.2, 0.25) is 0 Å². The largest absolute Gasteiger partial charge is 0.456 e. The second-order valence-corrected chi connectivity index (χ2v) is 26.0. The van der Waals surface area contributed by atoms with Gasteiger partial charge < -0.3 is 19.1 Å². The highest BCUT2D eigenvalue weighted by atomic mass is 16.3. The van der Waals surface area contributed by atoms with Gasteiger partial charge >= 0.3 is 0 Å². The van der Waals surface area contributed by atoms with Gasteiger partial charge in [-0.15, -0.1) is 0 Å². The maximum atomic E-state index is 6.40. The van der Waals surface area contributed by atoms with E-state index in [9.17, 15) is 0 Å². The number of nitrogens with zero attached hydrogens (tertiary/aromatic N) is 3. The van der Waals surface area contributed by atoms with Crippen molar-refractivity contribution in [3.05, 3.63) is 209 Å². The number of rotatable bonds is 6. The van der Waals surface area contributed by atoms with Crippen molar-refractivity contribution in [2.45, 2.75) is 125 Å². The lowest BCUT2D eigenvalue weighted by Crippen LogP contribution is -2.61. The molecule has 0 N–H and O–H groups in total. The van der Waals surface area contributed by atoms with E-state index in [-0.39, 0.29) is 28.4 Å². The van der Waals surface area contributed by atoms with E-state index in [1.54, 1.807) is 0 Å². The average Bonchev–Trinajstić information content (AvgIpc) is 3.82. The molecule has 3 aliphatic rings. The molecule has 12 rings (SSSR count). The summed E-state index contributed by atoms with van der Waals surface area (Å²) in [5.41, 5.74) is 25.5. The zero-order valence-corrected chi connectivity index (χ0v) is 47.0. The first-order valence-electron chi connectivity index (χ1n) is 27.6.